The van der Waals surface area contributed by atoms with E-state index in [2.05, 4.69) is 53.8 Å². The van der Waals surface area contributed by atoms with Crippen molar-refractivity contribution < 1.29 is 13.2 Å². The summed E-state index contributed by atoms with van der Waals surface area (Å²) in [6, 6.07) is 14.3. The summed E-state index contributed by atoms with van der Waals surface area (Å²) in [6.45, 7) is 9.28. The highest BCUT2D eigenvalue weighted by molar-refractivity contribution is 9.10. The van der Waals surface area contributed by atoms with Crippen LogP contribution in [0.15, 0.2) is 64.1 Å². The summed E-state index contributed by atoms with van der Waals surface area (Å²) >= 11 is 3.56. The number of anilines is 2. The number of halogens is 1. The Kier molecular flexibility index (Phi) is 7.82. The molecule has 1 saturated heterocycles. The van der Waals surface area contributed by atoms with Gasteiger partial charge in [0.25, 0.3) is 5.91 Å². The number of hydrogen-bond donors (Lipinski definition) is 3. The first-order valence-corrected chi connectivity index (χ1v) is 16.5. The van der Waals surface area contributed by atoms with Crippen molar-refractivity contribution >= 4 is 54.4 Å². The molecule has 0 bridgehead atoms. The fraction of sp³-hybridized carbons (Fsp3) is 0.258. The average molecular weight is 678 g/mol. The number of carbonyl (C=O) groups excluding carboxylic acids is 1. The Morgan fingerprint density at radius 1 is 1.05 bits per heavy atom. The van der Waals surface area contributed by atoms with Gasteiger partial charge in [-0.3, -0.25) is 4.79 Å². The number of likely N-dealkylation sites (N-methyl/N-ethyl adjacent to an activating group) is 1. The topological polar surface area (TPSA) is 142 Å². The highest BCUT2D eigenvalue weighted by Gasteiger charge is 2.23. The smallest absolute Gasteiger partial charge is 0.254 e. The second-order valence-corrected chi connectivity index (χ2v) is 13.6. The van der Waals surface area contributed by atoms with Crippen molar-refractivity contribution in [1.82, 2.24) is 29.3 Å². The van der Waals surface area contributed by atoms with E-state index < -0.39 is 10.0 Å². The summed E-state index contributed by atoms with van der Waals surface area (Å²) in [7, 11) is -1.79. The van der Waals surface area contributed by atoms with E-state index in [0.29, 0.717) is 38.4 Å². The normalized spacial score (nSPS) is 14.4. The summed E-state index contributed by atoms with van der Waals surface area (Å²) in [5.41, 5.74) is 7.86. The van der Waals surface area contributed by atoms with Crippen LogP contribution < -0.4 is 10.5 Å². The molecule has 1 aliphatic rings. The molecule has 0 unspecified atom stereocenters. The van der Waals surface area contributed by atoms with E-state index in [4.69, 9.17) is 10.1 Å². The molecule has 13 heteroatoms. The molecule has 1 fully saturated rings. The second-order valence-electron chi connectivity index (χ2n) is 11.2. The van der Waals surface area contributed by atoms with Crippen molar-refractivity contribution in [3.8, 4) is 17.1 Å². The molecule has 228 valence electrons. The van der Waals surface area contributed by atoms with E-state index in [1.807, 2.05) is 43.9 Å². The minimum Gasteiger partial charge on any atom is -0.353 e. The zero-order valence-corrected chi connectivity index (χ0v) is 27.3. The van der Waals surface area contributed by atoms with Crippen molar-refractivity contribution in [3.05, 3.63) is 81.7 Å². The Morgan fingerprint density at radius 2 is 1.80 bits per heavy atom. The Bertz CT molecular complexity index is 2030. The number of primary sulfonamides is 1. The predicted octanol–water partition coefficient (Wildman–Crippen LogP) is 4.88. The highest BCUT2D eigenvalue weighted by Crippen LogP contribution is 2.35. The standard InChI is InChI=1S/C31H33BrN8O3S/c1-18-8-9-21(31(41)39-12-10-38(4)11-13-39)15-26(18)40-19(2)14-24(20(40)3)29-36-28-27(25(32)17-34-30(28)37-29)35-22-6-5-7-23(16-22)44(33,42)43/h5-9,14-17H,10-13H2,1-4H3,(H2,33,42,43)(H2,34,35,36,37). The molecule has 0 spiro atoms. The molecular formula is C31H33BrN8O3S. The number of sulfonamides is 1. The summed E-state index contributed by atoms with van der Waals surface area (Å²) in [5.74, 6) is 0.680. The van der Waals surface area contributed by atoms with Crippen LogP contribution in [0.4, 0.5) is 11.4 Å². The van der Waals surface area contributed by atoms with Crippen molar-refractivity contribution in [1.29, 1.82) is 0 Å². The van der Waals surface area contributed by atoms with E-state index in [0.717, 1.165) is 54.4 Å². The summed E-state index contributed by atoms with van der Waals surface area (Å²) in [6.07, 6.45) is 1.65. The lowest BCUT2D eigenvalue weighted by Crippen LogP contribution is -2.47. The number of piperazine rings is 1. The number of H-pyrrole nitrogens is 1. The van der Waals surface area contributed by atoms with Crippen LogP contribution in [0.2, 0.25) is 0 Å². The van der Waals surface area contributed by atoms with Gasteiger partial charge in [0.15, 0.2) is 5.65 Å². The number of nitrogens with one attached hydrogen (secondary N) is 2. The summed E-state index contributed by atoms with van der Waals surface area (Å²) in [5, 5.41) is 8.62. The molecule has 5 aromatic rings. The molecule has 4 heterocycles. The zero-order valence-electron chi connectivity index (χ0n) is 24.8. The first-order chi connectivity index (χ1) is 20.9. The quantitative estimate of drug-likeness (QED) is 0.233. The monoisotopic (exact) mass is 676 g/mol. The third kappa shape index (κ3) is 5.63. The van der Waals surface area contributed by atoms with Gasteiger partial charge in [-0.05, 0) is 85.7 Å². The number of nitrogens with two attached hydrogens (primary N) is 1. The number of carbonyl (C=O) groups is 1. The largest absolute Gasteiger partial charge is 0.353 e. The number of benzene rings is 2. The van der Waals surface area contributed by atoms with Crippen LogP contribution in [0, 0.1) is 20.8 Å². The molecule has 0 atom stereocenters. The fourth-order valence-electron chi connectivity index (χ4n) is 5.63. The predicted molar refractivity (Wildman–Crippen MR) is 175 cm³/mol. The van der Waals surface area contributed by atoms with Crippen molar-refractivity contribution in [3.63, 3.8) is 0 Å². The van der Waals surface area contributed by atoms with Gasteiger partial charge >= 0.3 is 0 Å². The number of hydrogen-bond acceptors (Lipinski definition) is 7. The number of imidazole rings is 1. The van der Waals surface area contributed by atoms with Gasteiger partial charge in [0.05, 0.1) is 15.1 Å². The third-order valence-corrected chi connectivity index (χ3v) is 9.59. The number of aryl methyl sites for hydroxylation is 2. The maximum absolute atomic E-state index is 13.4. The first-order valence-electron chi connectivity index (χ1n) is 14.1. The van der Waals surface area contributed by atoms with Crippen LogP contribution in [-0.4, -0.2) is 76.9 Å². The molecule has 0 saturated carbocycles. The summed E-state index contributed by atoms with van der Waals surface area (Å²) < 4.78 is 26.6. The van der Waals surface area contributed by atoms with Crippen molar-refractivity contribution in [2.45, 2.75) is 25.7 Å². The van der Waals surface area contributed by atoms with Gasteiger partial charge in [-0.1, -0.05) is 12.1 Å². The minimum atomic E-state index is -3.86. The Balaban J connectivity index is 1.37. The van der Waals surface area contributed by atoms with Crippen LogP contribution >= 0.6 is 15.9 Å². The first kappa shape index (κ1) is 30.0. The van der Waals surface area contributed by atoms with E-state index in [-0.39, 0.29) is 10.8 Å². The molecule has 6 rings (SSSR count). The fourth-order valence-corrected chi connectivity index (χ4v) is 6.59. The highest BCUT2D eigenvalue weighted by atomic mass is 79.9. The molecule has 0 radical (unpaired) electrons. The van der Waals surface area contributed by atoms with Gasteiger partial charge in [0.2, 0.25) is 10.0 Å². The zero-order chi connectivity index (χ0) is 31.3. The number of nitrogens with zero attached hydrogens (tertiary/aromatic N) is 5. The summed E-state index contributed by atoms with van der Waals surface area (Å²) in [4.78, 5) is 30.3. The second kappa shape index (κ2) is 11.5. The lowest BCUT2D eigenvalue weighted by atomic mass is 10.1. The number of amides is 1. The van der Waals surface area contributed by atoms with Crippen LogP contribution in [0.3, 0.4) is 0 Å². The SMILES string of the molecule is Cc1ccc(C(=O)N2CCN(C)CC2)cc1-n1c(C)cc(-c2nc3ncc(Br)c(Nc4cccc(S(N)(=O)=O)c4)c3[nH]2)c1C. The lowest BCUT2D eigenvalue weighted by molar-refractivity contribution is 0.0664. The molecular weight excluding hydrogens is 644 g/mol. The molecule has 4 N–H and O–H groups in total. The van der Waals surface area contributed by atoms with Gasteiger partial charge in [-0.2, -0.15) is 0 Å². The number of pyridine rings is 1. The molecule has 0 aliphatic carbocycles. The maximum atomic E-state index is 13.4. The van der Waals surface area contributed by atoms with E-state index >= 15 is 0 Å². The number of aromatic amines is 1. The molecule has 44 heavy (non-hydrogen) atoms. The molecule has 3 aromatic heterocycles. The van der Waals surface area contributed by atoms with Gasteiger partial charge in [-0.25, -0.2) is 23.5 Å². The number of fused-ring (bicyclic) bond motifs is 1. The Hall–Kier alpha value is -4.04. The lowest BCUT2D eigenvalue weighted by Gasteiger charge is -2.32. The maximum Gasteiger partial charge on any atom is 0.254 e. The van der Waals surface area contributed by atoms with Crippen molar-refractivity contribution in [2.24, 2.45) is 5.14 Å². The van der Waals surface area contributed by atoms with Crippen LogP contribution in [-0.2, 0) is 10.0 Å². The van der Waals surface area contributed by atoms with Gasteiger partial charge in [0, 0.05) is 66.3 Å². The van der Waals surface area contributed by atoms with E-state index in [1.54, 1.807) is 18.3 Å². The molecule has 1 aliphatic heterocycles. The van der Waals surface area contributed by atoms with Crippen LogP contribution in [0.5, 0.6) is 0 Å². The van der Waals surface area contributed by atoms with Crippen LogP contribution in [0.1, 0.15) is 27.3 Å². The third-order valence-electron chi connectivity index (χ3n) is 8.08. The number of rotatable bonds is 6. The van der Waals surface area contributed by atoms with Crippen LogP contribution in [0.25, 0.3) is 28.2 Å². The molecule has 11 nitrogen and oxygen atoms in total. The molecule has 1 amide bonds. The van der Waals surface area contributed by atoms with E-state index in [9.17, 15) is 13.2 Å². The number of aromatic nitrogens is 4. The Labute approximate surface area is 264 Å². The minimum absolute atomic E-state index is 0.00579. The van der Waals surface area contributed by atoms with Crippen molar-refractivity contribution in [2.75, 3.05) is 38.5 Å². The average Bonchev–Trinajstić information content (AvgIpc) is 3.55. The van der Waals surface area contributed by atoms with Gasteiger partial charge < -0.3 is 24.7 Å². The van der Waals surface area contributed by atoms with Gasteiger partial charge in [0.1, 0.15) is 11.3 Å². The Morgan fingerprint density at radius 3 is 2.52 bits per heavy atom. The van der Waals surface area contributed by atoms with E-state index in [1.165, 1.54) is 12.1 Å². The van der Waals surface area contributed by atoms with Gasteiger partial charge in [-0.15, -0.1) is 0 Å². The molecule has 2 aromatic carbocycles.